The van der Waals surface area contributed by atoms with Gasteiger partial charge in [0.1, 0.15) is 0 Å². The minimum Gasteiger partial charge on any atom is -0.314 e. The third kappa shape index (κ3) is 9.61. The monoisotopic (exact) mass is 242 g/mol. The van der Waals surface area contributed by atoms with Crippen LogP contribution in [0.1, 0.15) is 60.3 Å². The van der Waals surface area contributed by atoms with Crippen LogP contribution in [0.5, 0.6) is 0 Å². The summed E-state index contributed by atoms with van der Waals surface area (Å²) in [7, 11) is 0. The van der Waals surface area contributed by atoms with Crippen LogP contribution in [0.4, 0.5) is 0 Å². The molecule has 0 aliphatic heterocycles. The van der Waals surface area contributed by atoms with Crippen molar-refractivity contribution in [2.75, 3.05) is 26.2 Å². The molecule has 0 bridgehead atoms. The number of nitrogens with one attached hydrogen (secondary N) is 1. The summed E-state index contributed by atoms with van der Waals surface area (Å²) in [6.07, 6.45) is 5.38. The number of hydrogen-bond acceptors (Lipinski definition) is 2. The Hall–Kier alpha value is -0.0800. The van der Waals surface area contributed by atoms with Crippen LogP contribution in [0.25, 0.3) is 0 Å². The molecule has 17 heavy (non-hydrogen) atoms. The van der Waals surface area contributed by atoms with Gasteiger partial charge in [0.05, 0.1) is 0 Å². The summed E-state index contributed by atoms with van der Waals surface area (Å²) in [4.78, 5) is 2.52. The van der Waals surface area contributed by atoms with E-state index >= 15 is 0 Å². The molecule has 0 aromatic carbocycles. The van der Waals surface area contributed by atoms with Crippen LogP contribution in [0.15, 0.2) is 0 Å². The lowest BCUT2D eigenvalue weighted by molar-refractivity contribution is 0.275. The van der Waals surface area contributed by atoms with E-state index in [9.17, 15) is 0 Å². The Morgan fingerprint density at radius 1 is 0.941 bits per heavy atom. The van der Waals surface area contributed by atoms with Gasteiger partial charge < -0.3 is 10.2 Å². The molecule has 0 rings (SSSR count). The molecule has 104 valence electrons. The Balaban J connectivity index is 3.80. The van der Waals surface area contributed by atoms with Crippen molar-refractivity contribution < 1.29 is 0 Å². The molecule has 0 aromatic heterocycles. The fourth-order valence-corrected chi connectivity index (χ4v) is 2.29. The minimum absolute atomic E-state index is 0.722. The Kier molecular flexibility index (Phi) is 11.0. The molecule has 2 nitrogen and oxygen atoms in total. The van der Waals surface area contributed by atoms with Crippen molar-refractivity contribution in [3.8, 4) is 0 Å². The van der Waals surface area contributed by atoms with Gasteiger partial charge in [-0.1, -0.05) is 47.5 Å². The Morgan fingerprint density at radius 2 is 1.59 bits per heavy atom. The molecule has 2 heteroatoms. The van der Waals surface area contributed by atoms with Crippen molar-refractivity contribution in [3.63, 3.8) is 0 Å². The van der Waals surface area contributed by atoms with E-state index in [0.29, 0.717) is 0 Å². The summed E-state index contributed by atoms with van der Waals surface area (Å²) in [6.45, 7) is 16.1. The fraction of sp³-hybridized carbons (Fsp3) is 1.00. The van der Waals surface area contributed by atoms with Crippen LogP contribution in [0.2, 0.25) is 0 Å². The molecule has 0 radical (unpaired) electrons. The van der Waals surface area contributed by atoms with Gasteiger partial charge in [-0.2, -0.15) is 0 Å². The van der Waals surface area contributed by atoms with Crippen molar-refractivity contribution in [1.82, 2.24) is 10.2 Å². The maximum absolute atomic E-state index is 3.63. The van der Waals surface area contributed by atoms with E-state index in [4.69, 9.17) is 0 Å². The quantitative estimate of drug-likeness (QED) is 0.596. The summed E-state index contributed by atoms with van der Waals surface area (Å²) in [5, 5.41) is 3.63. The summed E-state index contributed by atoms with van der Waals surface area (Å²) in [5.41, 5.74) is 0. The first-order valence-electron chi connectivity index (χ1n) is 7.59. The van der Waals surface area contributed by atoms with Gasteiger partial charge in [-0.25, -0.2) is 0 Å². The van der Waals surface area contributed by atoms with E-state index in [0.717, 1.165) is 18.5 Å². The van der Waals surface area contributed by atoms with Gasteiger partial charge in [-0.05, 0) is 44.9 Å². The van der Waals surface area contributed by atoms with Gasteiger partial charge in [0.15, 0.2) is 0 Å². The second-order valence-corrected chi connectivity index (χ2v) is 5.39. The third-order valence-corrected chi connectivity index (χ3v) is 3.52. The maximum atomic E-state index is 3.63. The van der Waals surface area contributed by atoms with Crippen molar-refractivity contribution >= 4 is 0 Å². The molecule has 0 fully saturated rings. The largest absolute Gasteiger partial charge is 0.314 e. The summed E-state index contributed by atoms with van der Waals surface area (Å²) < 4.78 is 0. The topological polar surface area (TPSA) is 15.3 Å². The first-order valence-corrected chi connectivity index (χ1v) is 7.59. The average molecular weight is 242 g/mol. The van der Waals surface area contributed by atoms with Crippen molar-refractivity contribution in [3.05, 3.63) is 0 Å². The molecule has 0 aliphatic rings. The normalized spacial score (nSPS) is 13.6. The van der Waals surface area contributed by atoms with Crippen LogP contribution in [-0.2, 0) is 0 Å². The third-order valence-electron chi connectivity index (χ3n) is 3.52. The van der Waals surface area contributed by atoms with Gasteiger partial charge in [-0.3, -0.25) is 0 Å². The van der Waals surface area contributed by atoms with E-state index in [1.165, 1.54) is 45.3 Å². The highest BCUT2D eigenvalue weighted by Gasteiger charge is 2.09. The number of nitrogens with zero attached hydrogens (tertiary/aromatic N) is 1. The predicted molar refractivity (Wildman–Crippen MR) is 78.6 cm³/mol. The summed E-state index contributed by atoms with van der Waals surface area (Å²) in [5.74, 6) is 0.847. The van der Waals surface area contributed by atoms with Crippen LogP contribution in [0, 0.1) is 5.92 Å². The lowest BCUT2D eigenvalue weighted by Gasteiger charge is -2.23. The molecular formula is C15H34N2. The van der Waals surface area contributed by atoms with E-state index in [1.54, 1.807) is 0 Å². The molecular weight excluding hydrogens is 208 g/mol. The standard InChI is InChI=1S/C15H34N2/c1-6-16-15(11-9-10-14(4)5)12-13-17(7-2)8-3/h14-16H,6-13H2,1-5H3. The summed E-state index contributed by atoms with van der Waals surface area (Å²) in [6, 6.07) is 0.722. The van der Waals surface area contributed by atoms with Crippen LogP contribution >= 0.6 is 0 Å². The van der Waals surface area contributed by atoms with Crippen molar-refractivity contribution in [2.45, 2.75) is 66.3 Å². The average Bonchev–Trinajstić information content (AvgIpc) is 2.29. The molecule has 0 spiro atoms. The first kappa shape index (κ1) is 16.9. The first-order chi connectivity index (χ1) is 8.13. The van der Waals surface area contributed by atoms with Gasteiger partial charge in [0, 0.05) is 6.04 Å². The lowest BCUT2D eigenvalue weighted by atomic mass is 10.0. The zero-order valence-electron chi connectivity index (χ0n) is 12.8. The molecule has 0 saturated carbocycles. The van der Waals surface area contributed by atoms with Crippen LogP contribution in [0.3, 0.4) is 0 Å². The molecule has 1 atom stereocenters. The molecule has 0 aromatic rings. The predicted octanol–water partition coefficient (Wildman–Crippen LogP) is 3.52. The van der Waals surface area contributed by atoms with E-state index in [1.807, 2.05) is 0 Å². The van der Waals surface area contributed by atoms with Crippen molar-refractivity contribution in [2.24, 2.45) is 5.92 Å². The molecule has 0 amide bonds. The second-order valence-electron chi connectivity index (χ2n) is 5.39. The zero-order chi connectivity index (χ0) is 13.1. The van der Waals surface area contributed by atoms with E-state index < -0.39 is 0 Å². The van der Waals surface area contributed by atoms with Crippen molar-refractivity contribution in [1.29, 1.82) is 0 Å². The molecule has 0 heterocycles. The van der Waals surface area contributed by atoms with Gasteiger partial charge >= 0.3 is 0 Å². The van der Waals surface area contributed by atoms with Crippen LogP contribution in [-0.4, -0.2) is 37.1 Å². The maximum Gasteiger partial charge on any atom is 0.00791 e. The number of rotatable bonds is 11. The highest BCUT2D eigenvalue weighted by Crippen LogP contribution is 2.11. The smallest absolute Gasteiger partial charge is 0.00791 e. The fourth-order valence-electron chi connectivity index (χ4n) is 2.29. The Labute approximate surface area is 109 Å². The van der Waals surface area contributed by atoms with Gasteiger partial charge in [0.25, 0.3) is 0 Å². The van der Waals surface area contributed by atoms with Crippen LogP contribution < -0.4 is 5.32 Å². The highest BCUT2D eigenvalue weighted by atomic mass is 15.1. The Morgan fingerprint density at radius 3 is 2.06 bits per heavy atom. The SMILES string of the molecule is CCNC(CCCC(C)C)CCN(CC)CC. The molecule has 1 N–H and O–H groups in total. The summed E-state index contributed by atoms with van der Waals surface area (Å²) >= 11 is 0. The van der Waals surface area contributed by atoms with Gasteiger partial charge in [0.2, 0.25) is 0 Å². The molecule has 1 unspecified atom stereocenters. The number of hydrogen-bond donors (Lipinski definition) is 1. The molecule has 0 aliphatic carbocycles. The van der Waals surface area contributed by atoms with E-state index in [-0.39, 0.29) is 0 Å². The second kappa shape index (κ2) is 11.0. The Bertz CT molecular complexity index is 153. The van der Waals surface area contributed by atoms with Gasteiger partial charge in [-0.15, -0.1) is 0 Å². The minimum atomic E-state index is 0.722. The van der Waals surface area contributed by atoms with E-state index in [2.05, 4.69) is 44.8 Å². The molecule has 0 saturated heterocycles. The lowest BCUT2D eigenvalue weighted by Crippen LogP contribution is -2.34. The zero-order valence-corrected chi connectivity index (χ0v) is 12.8. The highest BCUT2D eigenvalue weighted by molar-refractivity contribution is 4.69.